The van der Waals surface area contributed by atoms with E-state index in [9.17, 15) is 14.5 Å². The molecule has 0 spiro atoms. The highest BCUT2D eigenvalue weighted by atomic mass is 19.1. The minimum absolute atomic E-state index is 0.0988. The molecule has 0 N–H and O–H groups in total. The van der Waals surface area contributed by atoms with E-state index in [4.69, 9.17) is 5.26 Å². The van der Waals surface area contributed by atoms with Crippen LogP contribution in [0.5, 0.6) is 0 Å². The van der Waals surface area contributed by atoms with E-state index in [1.54, 1.807) is 6.07 Å². The van der Waals surface area contributed by atoms with Crippen LogP contribution in [0.2, 0.25) is 0 Å². The molecule has 0 amide bonds. The van der Waals surface area contributed by atoms with Crippen molar-refractivity contribution in [3.8, 4) is 6.07 Å². The fourth-order valence-corrected chi connectivity index (χ4v) is 1.21. The quantitative estimate of drug-likeness (QED) is 0.534. The van der Waals surface area contributed by atoms with Gasteiger partial charge in [-0.2, -0.15) is 5.26 Å². The summed E-state index contributed by atoms with van der Waals surface area (Å²) in [4.78, 5) is 9.90. The number of nitriles is 1. The van der Waals surface area contributed by atoms with E-state index in [-0.39, 0.29) is 23.2 Å². The monoisotopic (exact) mass is 194 g/mol. The van der Waals surface area contributed by atoms with Gasteiger partial charge in [0.1, 0.15) is 5.82 Å². The predicted molar refractivity (Wildman–Crippen MR) is 47.1 cm³/mol. The van der Waals surface area contributed by atoms with Crippen LogP contribution < -0.4 is 0 Å². The number of nitro benzene ring substituents is 1. The van der Waals surface area contributed by atoms with E-state index in [1.807, 2.05) is 0 Å². The summed E-state index contributed by atoms with van der Waals surface area (Å²) in [5.74, 6) is -0.574. The zero-order valence-electron chi connectivity index (χ0n) is 7.45. The maximum atomic E-state index is 13.1. The van der Waals surface area contributed by atoms with Crippen LogP contribution in [0.3, 0.4) is 0 Å². The normalized spacial score (nSPS) is 9.50. The molecule has 0 fully saturated rings. The van der Waals surface area contributed by atoms with Gasteiger partial charge in [0.25, 0.3) is 5.69 Å². The Balaban J connectivity index is 3.35. The molecule has 0 unspecified atom stereocenters. The first-order chi connectivity index (χ1) is 6.57. The number of rotatable bonds is 2. The number of nitro groups is 1. The van der Waals surface area contributed by atoms with Gasteiger partial charge in [0, 0.05) is 17.2 Å². The first-order valence-electron chi connectivity index (χ1n) is 3.87. The Morgan fingerprint density at radius 3 is 2.79 bits per heavy atom. The predicted octanol–water partition coefficient (Wildman–Crippen LogP) is 2.11. The van der Waals surface area contributed by atoms with Gasteiger partial charge in [0.05, 0.1) is 17.4 Å². The summed E-state index contributed by atoms with van der Waals surface area (Å²) < 4.78 is 13.1. The zero-order chi connectivity index (χ0) is 10.7. The summed E-state index contributed by atoms with van der Waals surface area (Å²) in [6, 6.07) is 3.88. The summed E-state index contributed by atoms with van der Waals surface area (Å²) in [5, 5.41) is 18.9. The molecular weight excluding hydrogens is 187 g/mol. The van der Waals surface area contributed by atoms with Gasteiger partial charge in [0.15, 0.2) is 0 Å². The van der Waals surface area contributed by atoms with Crippen LogP contribution in [-0.4, -0.2) is 4.92 Å². The minimum Gasteiger partial charge on any atom is -0.258 e. The van der Waals surface area contributed by atoms with Crippen LogP contribution in [0.25, 0.3) is 0 Å². The maximum absolute atomic E-state index is 13.1. The number of hydrogen-bond acceptors (Lipinski definition) is 3. The van der Waals surface area contributed by atoms with Gasteiger partial charge < -0.3 is 0 Å². The molecule has 14 heavy (non-hydrogen) atoms. The first kappa shape index (κ1) is 10.1. The van der Waals surface area contributed by atoms with E-state index in [1.165, 1.54) is 6.92 Å². The topological polar surface area (TPSA) is 66.9 Å². The molecule has 0 heterocycles. The fraction of sp³-hybridized carbons (Fsp3) is 0.222. The highest BCUT2D eigenvalue weighted by Gasteiger charge is 2.16. The Hall–Kier alpha value is -1.96. The second kappa shape index (κ2) is 3.83. The maximum Gasteiger partial charge on any atom is 0.272 e. The highest BCUT2D eigenvalue weighted by Crippen LogP contribution is 2.23. The minimum atomic E-state index is -0.588. The van der Waals surface area contributed by atoms with Gasteiger partial charge in [-0.1, -0.05) is 0 Å². The number of benzene rings is 1. The molecule has 0 aliphatic carbocycles. The van der Waals surface area contributed by atoms with Crippen molar-refractivity contribution < 1.29 is 9.31 Å². The van der Waals surface area contributed by atoms with Crippen molar-refractivity contribution >= 4 is 5.69 Å². The van der Waals surface area contributed by atoms with Crippen LogP contribution in [-0.2, 0) is 6.42 Å². The Labute approximate surface area is 79.7 Å². The van der Waals surface area contributed by atoms with Gasteiger partial charge in [0.2, 0.25) is 0 Å². The van der Waals surface area contributed by atoms with Crippen LogP contribution in [0.15, 0.2) is 12.1 Å². The third-order valence-electron chi connectivity index (χ3n) is 1.97. The van der Waals surface area contributed by atoms with E-state index in [0.29, 0.717) is 0 Å². The fourth-order valence-electron chi connectivity index (χ4n) is 1.21. The van der Waals surface area contributed by atoms with Gasteiger partial charge in [-0.15, -0.1) is 0 Å². The molecule has 5 heteroatoms. The summed E-state index contributed by atoms with van der Waals surface area (Å²) in [6.45, 7) is 1.44. The molecule has 0 saturated carbocycles. The van der Waals surface area contributed by atoms with Crippen LogP contribution >= 0.6 is 0 Å². The molecule has 0 bridgehead atoms. The van der Waals surface area contributed by atoms with Gasteiger partial charge in [-0.25, -0.2) is 4.39 Å². The molecule has 1 rings (SSSR count). The molecule has 0 atom stereocenters. The average Bonchev–Trinajstić information content (AvgIpc) is 2.11. The van der Waals surface area contributed by atoms with Gasteiger partial charge in [-0.05, 0) is 13.0 Å². The van der Waals surface area contributed by atoms with Crippen molar-refractivity contribution in [2.24, 2.45) is 0 Å². The average molecular weight is 194 g/mol. The lowest BCUT2D eigenvalue weighted by molar-refractivity contribution is -0.385. The Morgan fingerprint density at radius 1 is 1.64 bits per heavy atom. The van der Waals surface area contributed by atoms with Gasteiger partial charge >= 0.3 is 0 Å². The second-order valence-corrected chi connectivity index (χ2v) is 2.76. The highest BCUT2D eigenvalue weighted by molar-refractivity contribution is 5.46. The SMILES string of the molecule is Cc1c([N+](=O)[O-])ccc(F)c1CC#N. The number of nitrogens with zero attached hydrogens (tertiary/aromatic N) is 2. The van der Waals surface area contributed by atoms with Crippen LogP contribution in [0.1, 0.15) is 11.1 Å². The number of hydrogen-bond donors (Lipinski definition) is 0. The van der Waals surface area contributed by atoms with Crippen molar-refractivity contribution in [2.75, 3.05) is 0 Å². The smallest absolute Gasteiger partial charge is 0.258 e. The summed E-state index contributed by atoms with van der Waals surface area (Å²) >= 11 is 0. The van der Waals surface area contributed by atoms with Crippen molar-refractivity contribution in [2.45, 2.75) is 13.3 Å². The molecule has 4 nitrogen and oxygen atoms in total. The van der Waals surface area contributed by atoms with E-state index < -0.39 is 10.7 Å². The molecule has 0 aliphatic rings. The van der Waals surface area contributed by atoms with Crippen molar-refractivity contribution in [1.29, 1.82) is 5.26 Å². The van der Waals surface area contributed by atoms with E-state index >= 15 is 0 Å². The summed E-state index contributed by atoms with van der Waals surface area (Å²) in [6.07, 6.45) is -0.153. The largest absolute Gasteiger partial charge is 0.272 e. The molecule has 72 valence electrons. The zero-order valence-corrected chi connectivity index (χ0v) is 7.45. The second-order valence-electron chi connectivity index (χ2n) is 2.76. The molecule has 1 aromatic carbocycles. The molecule has 0 aromatic heterocycles. The molecule has 0 saturated heterocycles. The Kier molecular flexibility index (Phi) is 2.77. The molecule has 0 aliphatic heterocycles. The van der Waals surface area contributed by atoms with Crippen LogP contribution in [0, 0.1) is 34.2 Å². The van der Waals surface area contributed by atoms with Crippen molar-refractivity contribution in [3.05, 3.63) is 39.2 Å². The molecule has 0 radical (unpaired) electrons. The van der Waals surface area contributed by atoms with Crippen molar-refractivity contribution in [3.63, 3.8) is 0 Å². The Morgan fingerprint density at radius 2 is 2.29 bits per heavy atom. The lowest BCUT2D eigenvalue weighted by atomic mass is 10.0. The van der Waals surface area contributed by atoms with E-state index in [0.717, 1.165) is 12.1 Å². The Bertz CT molecular complexity index is 424. The summed E-state index contributed by atoms with van der Waals surface area (Å²) in [7, 11) is 0. The van der Waals surface area contributed by atoms with Gasteiger partial charge in [-0.3, -0.25) is 10.1 Å². The standard InChI is InChI=1S/C9H7FN2O2/c1-6-7(4-5-11)8(10)2-3-9(6)12(13)14/h2-3H,4H2,1H3. The summed E-state index contributed by atoms with van der Waals surface area (Å²) in [5.41, 5.74) is 0.162. The third kappa shape index (κ3) is 1.69. The molecular formula is C9H7FN2O2. The number of halogens is 1. The van der Waals surface area contributed by atoms with E-state index in [2.05, 4.69) is 0 Å². The van der Waals surface area contributed by atoms with Crippen molar-refractivity contribution in [1.82, 2.24) is 0 Å². The lowest BCUT2D eigenvalue weighted by Crippen LogP contribution is -1.99. The first-order valence-corrected chi connectivity index (χ1v) is 3.87. The lowest BCUT2D eigenvalue weighted by Gasteiger charge is -2.03. The third-order valence-corrected chi connectivity index (χ3v) is 1.97. The van der Waals surface area contributed by atoms with Crippen LogP contribution in [0.4, 0.5) is 10.1 Å². The molecule has 1 aromatic rings.